The van der Waals surface area contributed by atoms with E-state index in [4.69, 9.17) is 5.73 Å². The summed E-state index contributed by atoms with van der Waals surface area (Å²) in [6, 6.07) is 9.29. The van der Waals surface area contributed by atoms with E-state index in [-0.39, 0.29) is 29.8 Å². The van der Waals surface area contributed by atoms with Crippen LogP contribution < -0.4 is 16.4 Å². The van der Waals surface area contributed by atoms with Crippen molar-refractivity contribution < 1.29 is 27.2 Å². The summed E-state index contributed by atoms with van der Waals surface area (Å²) in [6.45, 7) is 0.638. The van der Waals surface area contributed by atoms with Gasteiger partial charge in [0.05, 0.1) is 11.3 Å². The number of primary amides is 1. The minimum absolute atomic E-state index is 0.0339. The van der Waals surface area contributed by atoms with Gasteiger partial charge >= 0.3 is 0 Å². The molecule has 1 heterocycles. The number of halogens is 1. The third-order valence-corrected chi connectivity index (χ3v) is 7.12. The van der Waals surface area contributed by atoms with Crippen LogP contribution in [0.1, 0.15) is 46.4 Å². The van der Waals surface area contributed by atoms with Crippen LogP contribution in [-0.2, 0) is 14.8 Å². The number of hydrogen-bond acceptors (Lipinski definition) is 5. The lowest BCUT2D eigenvalue weighted by Gasteiger charge is -2.26. The van der Waals surface area contributed by atoms with Gasteiger partial charge in [0.15, 0.2) is 0 Å². The lowest BCUT2D eigenvalue weighted by molar-refractivity contribution is -0.117. The average Bonchev–Trinajstić information content (AvgIpc) is 2.79. The maximum absolute atomic E-state index is 14.4. The number of para-hydroxylation sites is 1. The summed E-state index contributed by atoms with van der Waals surface area (Å²) < 4.78 is 41.5. The van der Waals surface area contributed by atoms with Gasteiger partial charge in [0.25, 0.3) is 11.8 Å². The Morgan fingerprint density at radius 1 is 1.00 bits per heavy atom. The Bertz CT molecular complexity index is 1160. The number of nitrogens with two attached hydrogens (primary N) is 1. The molecule has 4 N–H and O–H groups in total. The maximum atomic E-state index is 14.4. The van der Waals surface area contributed by atoms with Crippen molar-refractivity contribution in [1.82, 2.24) is 9.62 Å². The van der Waals surface area contributed by atoms with Crippen molar-refractivity contribution in [3.8, 4) is 0 Å². The van der Waals surface area contributed by atoms with Crippen LogP contribution in [0.2, 0.25) is 0 Å². The summed E-state index contributed by atoms with van der Waals surface area (Å²) in [7, 11) is -4.08. The Morgan fingerprint density at radius 2 is 1.70 bits per heavy atom. The molecule has 0 aliphatic carbocycles. The number of amides is 3. The van der Waals surface area contributed by atoms with Gasteiger partial charge in [0.2, 0.25) is 15.9 Å². The van der Waals surface area contributed by atoms with E-state index >= 15 is 0 Å². The molecule has 176 valence electrons. The standard InChI is InChI=1S/C22H25FN4O5S/c23-17-9-8-15(14-19(17)33(31,32)27-12-4-1-5-13-27)21(29)26-18-7-3-2-6-16(18)22(30)25-11-10-20(24)28/h2-3,6-9,14H,1,4-5,10-13H2,(H2,24,28)(H,25,30)(H,26,29). The fourth-order valence-electron chi connectivity index (χ4n) is 3.47. The molecular formula is C22H25FN4O5S. The molecule has 1 fully saturated rings. The Labute approximate surface area is 191 Å². The zero-order valence-corrected chi connectivity index (χ0v) is 18.7. The number of anilines is 1. The first-order valence-corrected chi connectivity index (χ1v) is 11.9. The molecule has 0 aromatic heterocycles. The van der Waals surface area contributed by atoms with Crippen molar-refractivity contribution in [3.05, 3.63) is 59.4 Å². The van der Waals surface area contributed by atoms with E-state index in [1.54, 1.807) is 12.1 Å². The molecule has 2 aromatic rings. The van der Waals surface area contributed by atoms with Crippen LogP contribution in [0, 0.1) is 5.82 Å². The van der Waals surface area contributed by atoms with Gasteiger partial charge in [-0.25, -0.2) is 12.8 Å². The zero-order chi connectivity index (χ0) is 24.0. The van der Waals surface area contributed by atoms with Crippen molar-refractivity contribution in [2.24, 2.45) is 5.73 Å². The summed E-state index contributed by atoms with van der Waals surface area (Å²) in [5.41, 5.74) is 5.29. The molecule has 0 unspecified atom stereocenters. The average molecular weight is 477 g/mol. The van der Waals surface area contributed by atoms with E-state index < -0.39 is 38.5 Å². The van der Waals surface area contributed by atoms with Crippen LogP contribution in [0.4, 0.5) is 10.1 Å². The highest BCUT2D eigenvalue weighted by atomic mass is 32.2. The summed E-state index contributed by atoms with van der Waals surface area (Å²) in [5, 5.41) is 5.09. The van der Waals surface area contributed by atoms with Gasteiger partial charge in [-0.1, -0.05) is 18.6 Å². The first-order chi connectivity index (χ1) is 15.7. The monoisotopic (exact) mass is 476 g/mol. The number of nitrogens with one attached hydrogen (secondary N) is 2. The Morgan fingerprint density at radius 3 is 2.39 bits per heavy atom. The molecule has 1 aliphatic rings. The lowest BCUT2D eigenvalue weighted by Crippen LogP contribution is -2.36. The highest BCUT2D eigenvalue weighted by Crippen LogP contribution is 2.25. The first kappa shape index (κ1) is 24.3. The molecule has 0 saturated carbocycles. The molecule has 2 aromatic carbocycles. The van der Waals surface area contributed by atoms with E-state index in [9.17, 15) is 27.2 Å². The van der Waals surface area contributed by atoms with Crippen LogP contribution in [-0.4, -0.2) is 50.1 Å². The molecule has 3 amide bonds. The summed E-state index contributed by atoms with van der Waals surface area (Å²) in [6.07, 6.45) is 2.26. The lowest BCUT2D eigenvalue weighted by atomic mass is 10.1. The van der Waals surface area contributed by atoms with Crippen molar-refractivity contribution in [2.75, 3.05) is 25.0 Å². The highest BCUT2D eigenvalue weighted by molar-refractivity contribution is 7.89. The van der Waals surface area contributed by atoms with Crippen LogP contribution in [0.5, 0.6) is 0 Å². The summed E-state index contributed by atoms with van der Waals surface area (Å²) in [4.78, 5) is 35.5. The number of nitrogens with zero attached hydrogens (tertiary/aromatic N) is 1. The molecule has 0 atom stereocenters. The topological polar surface area (TPSA) is 139 Å². The van der Waals surface area contributed by atoms with Gasteiger partial charge < -0.3 is 16.4 Å². The third-order valence-electron chi connectivity index (χ3n) is 5.20. The fraction of sp³-hybridized carbons (Fsp3) is 0.318. The van der Waals surface area contributed by atoms with Gasteiger partial charge in [0.1, 0.15) is 10.7 Å². The minimum atomic E-state index is -4.08. The van der Waals surface area contributed by atoms with Crippen molar-refractivity contribution >= 4 is 33.4 Å². The predicted molar refractivity (Wildman–Crippen MR) is 120 cm³/mol. The van der Waals surface area contributed by atoms with Crippen LogP contribution in [0.25, 0.3) is 0 Å². The highest BCUT2D eigenvalue weighted by Gasteiger charge is 2.29. The number of carbonyl (C=O) groups excluding carboxylic acids is 3. The van der Waals surface area contributed by atoms with E-state index in [0.29, 0.717) is 25.9 Å². The SMILES string of the molecule is NC(=O)CCNC(=O)c1ccccc1NC(=O)c1ccc(F)c(S(=O)(=O)N2CCCCC2)c1. The number of sulfonamides is 1. The van der Waals surface area contributed by atoms with E-state index in [1.807, 2.05) is 0 Å². The quantitative estimate of drug-likeness (QED) is 0.534. The van der Waals surface area contributed by atoms with Crippen LogP contribution in [0.15, 0.2) is 47.4 Å². The Kier molecular flexibility index (Phi) is 7.77. The number of piperidine rings is 1. The molecule has 9 nitrogen and oxygen atoms in total. The molecule has 11 heteroatoms. The van der Waals surface area contributed by atoms with E-state index in [1.165, 1.54) is 22.5 Å². The van der Waals surface area contributed by atoms with Crippen LogP contribution >= 0.6 is 0 Å². The van der Waals surface area contributed by atoms with Gasteiger partial charge in [-0.15, -0.1) is 0 Å². The third kappa shape index (κ3) is 5.93. The van der Waals surface area contributed by atoms with E-state index in [0.717, 1.165) is 18.6 Å². The maximum Gasteiger partial charge on any atom is 0.255 e. The largest absolute Gasteiger partial charge is 0.370 e. The number of hydrogen-bond donors (Lipinski definition) is 3. The second kappa shape index (κ2) is 10.5. The van der Waals surface area contributed by atoms with Gasteiger partial charge in [-0.05, 0) is 43.2 Å². The Hall–Kier alpha value is -3.31. The second-order valence-electron chi connectivity index (χ2n) is 7.58. The molecule has 3 rings (SSSR count). The Balaban J connectivity index is 1.81. The van der Waals surface area contributed by atoms with Crippen LogP contribution in [0.3, 0.4) is 0 Å². The number of rotatable bonds is 8. The zero-order valence-electron chi connectivity index (χ0n) is 17.8. The van der Waals surface area contributed by atoms with Crippen molar-refractivity contribution in [2.45, 2.75) is 30.6 Å². The first-order valence-electron chi connectivity index (χ1n) is 10.5. The second-order valence-corrected chi connectivity index (χ2v) is 9.49. The van der Waals surface area contributed by atoms with Gasteiger partial charge in [-0.2, -0.15) is 4.31 Å². The van der Waals surface area contributed by atoms with Crippen molar-refractivity contribution in [3.63, 3.8) is 0 Å². The summed E-state index contributed by atoms with van der Waals surface area (Å²) in [5.74, 6) is -2.74. The minimum Gasteiger partial charge on any atom is -0.370 e. The van der Waals surface area contributed by atoms with E-state index in [2.05, 4.69) is 10.6 Å². The molecule has 0 spiro atoms. The number of carbonyl (C=O) groups is 3. The fourth-order valence-corrected chi connectivity index (χ4v) is 5.07. The molecule has 1 saturated heterocycles. The molecule has 33 heavy (non-hydrogen) atoms. The molecule has 1 aliphatic heterocycles. The van der Waals surface area contributed by atoms with Crippen molar-refractivity contribution in [1.29, 1.82) is 0 Å². The molecule has 0 bridgehead atoms. The number of benzene rings is 2. The summed E-state index contributed by atoms with van der Waals surface area (Å²) >= 11 is 0. The van der Waals surface area contributed by atoms with Gasteiger partial charge in [0, 0.05) is 31.6 Å². The predicted octanol–water partition coefficient (Wildman–Crippen LogP) is 1.86. The molecular weight excluding hydrogens is 451 g/mol. The smallest absolute Gasteiger partial charge is 0.255 e. The normalized spacial score (nSPS) is 14.5. The molecule has 0 radical (unpaired) electrons. The van der Waals surface area contributed by atoms with Gasteiger partial charge in [-0.3, -0.25) is 14.4 Å².